The second-order valence-electron chi connectivity index (χ2n) is 5.70. The van der Waals surface area contributed by atoms with Crippen molar-refractivity contribution >= 4 is 5.97 Å². The molecule has 7 nitrogen and oxygen atoms in total. The predicted octanol–water partition coefficient (Wildman–Crippen LogP) is -0.378. The van der Waals surface area contributed by atoms with Crippen molar-refractivity contribution in [1.82, 2.24) is 0 Å². The van der Waals surface area contributed by atoms with E-state index in [4.69, 9.17) is 9.84 Å². The summed E-state index contributed by atoms with van der Waals surface area (Å²) in [6.45, 7) is 0.782. The summed E-state index contributed by atoms with van der Waals surface area (Å²) in [6.07, 6.45) is -3.61. The van der Waals surface area contributed by atoms with Gasteiger partial charge in [-0.15, -0.1) is 0 Å². The van der Waals surface area contributed by atoms with Crippen molar-refractivity contribution in [3.05, 3.63) is 35.4 Å². The first-order valence-electron chi connectivity index (χ1n) is 7.99. The average molecular weight is 342 g/mol. The summed E-state index contributed by atoms with van der Waals surface area (Å²) in [5.74, 6) is -0.666. The van der Waals surface area contributed by atoms with Gasteiger partial charge in [0.05, 0.1) is 12.2 Å². The molecule has 1 rings (SSSR count). The van der Waals surface area contributed by atoms with Crippen LogP contribution in [0.1, 0.15) is 35.7 Å². The van der Waals surface area contributed by atoms with E-state index < -0.39 is 43.6 Å². The molecule has 7 heteroatoms. The highest BCUT2D eigenvalue weighted by atomic mass is 16.5. The molecule has 0 amide bonds. The molecule has 0 aromatic heterocycles. The van der Waals surface area contributed by atoms with Gasteiger partial charge in [-0.2, -0.15) is 0 Å². The molecule has 0 saturated heterocycles. The van der Waals surface area contributed by atoms with Gasteiger partial charge in [-0.05, 0) is 30.5 Å². The SMILES string of the molecule is CCCCc1ccc(C(=O)OC[C@@H](O)[C@@H](O)[C@H](O)[C@@H](O)CO)cc1. The van der Waals surface area contributed by atoms with Crippen LogP contribution in [0.3, 0.4) is 0 Å². The maximum absolute atomic E-state index is 11.9. The lowest BCUT2D eigenvalue weighted by molar-refractivity contribution is -0.124. The summed E-state index contributed by atoms with van der Waals surface area (Å²) in [4.78, 5) is 11.9. The summed E-state index contributed by atoms with van der Waals surface area (Å²) in [7, 11) is 0. The zero-order chi connectivity index (χ0) is 18.1. The van der Waals surface area contributed by atoms with Crippen molar-refractivity contribution in [3.63, 3.8) is 0 Å². The smallest absolute Gasteiger partial charge is 0.338 e. The van der Waals surface area contributed by atoms with Gasteiger partial charge in [0.1, 0.15) is 31.0 Å². The summed E-state index contributed by atoms with van der Waals surface area (Å²) in [6, 6.07) is 6.92. The van der Waals surface area contributed by atoms with E-state index in [1.165, 1.54) is 0 Å². The highest BCUT2D eigenvalue weighted by Gasteiger charge is 2.30. The Morgan fingerprint density at radius 1 is 1.04 bits per heavy atom. The zero-order valence-corrected chi connectivity index (χ0v) is 13.7. The first-order valence-corrected chi connectivity index (χ1v) is 7.99. The van der Waals surface area contributed by atoms with Crippen LogP contribution >= 0.6 is 0 Å². The number of hydrogen-bond donors (Lipinski definition) is 5. The van der Waals surface area contributed by atoms with Gasteiger partial charge in [0.25, 0.3) is 0 Å². The Morgan fingerprint density at radius 2 is 1.62 bits per heavy atom. The Morgan fingerprint density at radius 3 is 2.17 bits per heavy atom. The van der Waals surface area contributed by atoms with Crippen LogP contribution in [0.25, 0.3) is 0 Å². The lowest BCUT2D eigenvalue weighted by atomic mass is 10.0. The van der Waals surface area contributed by atoms with E-state index >= 15 is 0 Å². The molecule has 24 heavy (non-hydrogen) atoms. The van der Waals surface area contributed by atoms with Gasteiger partial charge in [0.2, 0.25) is 0 Å². The van der Waals surface area contributed by atoms with Gasteiger partial charge < -0.3 is 30.3 Å². The maximum atomic E-state index is 11.9. The molecule has 4 atom stereocenters. The molecule has 0 bridgehead atoms. The first-order chi connectivity index (χ1) is 11.4. The third kappa shape index (κ3) is 6.18. The third-order valence-electron chi connectivity index (χ3n) is 3.72. The minimum absolute atomic E-state index is 0.313. The van der Waals surface area contributed by atoms with E-state index in [1.807, 2.05) is 12.1 Å². The molecular formula is C17H26O7. The average Bonchev–Trinajstić information content (AvgIpc) is 2.62. The standard InChI is InChI=1S/C17H26O7/c1-2-3-4-11-5-7-12(8-6-11)17(23)24-10-14(20)16(22)15(21)13(19)9-18/h5-8,13-16,18-22H,2-4,9-10H2,1H3/t13-,14+,15+,16+/m0/s1. The van der Waals surface area contributed by atoms with Gasteiger partial charge >= 0.3 is 5.97 Å². The molecule has 0 heterocycles. The fourth-order valence-electron chi connectivity index (χ4n) is 2.09. The highest BCUT2D eigenvalue weighted by molar-refractivity contribution is 5.89. The molecule has 5 N–H and O–H groups in total. The molecule has 0 spiro atoms. The normalized spacial score (nSPS) is 16.2. The van der Waals surface area contributed by atoms with Crippen LogP contribution in [0.5, 0.6) is 0 Å². The number of benzene rings is 1. The molecule has 0 unspecified atom stereocenters. The highest BCUT2D eigenvalue weighted by Crippen LogP contribution is 2.10. The van der Waals surface area contributed by atoms with Crippen LogP contribution in [0.15, 0.2) is 24.3 Å². The van der Waals surface area contributed by atoms with E-state index in [9.17, 15) is 25.2 Å². The molecular weight excluding hydrogens is 316 g/mol. The van der Waals surface area contributed by atoms with Crippen molar-refractivity contribution in [2.45, 2.75) is 50.6 Å². The molecule has 0 saturated carbocycles. The fraction of sp³-hybridized carbons (Fsp3) is 0.588. The van der Waals surface area contributed by atoms with Crippen LogP contribution in [-0.4, -0.2) is 69.1 Å². The van der Waals surface area contributed by atoms with Crippen LogP contribution in [-0.2, 0) is 11.2 Å². The molecule has 136 valence electrons. The number of carbonyl (C=O) groups is 1. The molecule has 0 aliphatic rings. The predicted molar refractivity (Wildman–Crippen MR) is 86.4 cm³/mol. The minimum Gasteiger partial charge on any atom is -0.459 e. The van der Waals surface area contributed by atoms with E-state index in [0.29, 0.717) is 5.56 Å². The molecule has 0 aliphatic carbocycles. The molecule has 1 aromatic carbocycles. The zero-order valence-electron chi connectivity index (χ0n) is 13.7. The van der Waals surface area contributed by atoms with Crippen molar-refractivity contribution in [1.29, 1.82) is 0 Å². The lowest BCUT2D eigenvalue weighted by Crippen LogP contribution is -2.47. The second kappa shape index (κ2) is 10.4. The fourth-order valence-corrected chi connectivity index (χ4v) is 2.09. The number of esters is 1. The van der Waals surface area contributed by atoms with Crippen molar-refractivity contribution < 1.29 is 35.1 Å². The monoisotopic (exact) mass is 342 g/mol. The number of ether oxygens (including phenoxy) is 1. The number of carbonyl (C=O) groups excluding carboxylic acids is 1. The number of aliphatic hydroxyl groups is 5. The number of unbranched alkanes of at least 4 members (excludes halogenated alkanes) is 1. The van der Waals surface area contributed by atoms with Crippen LogP contribution in [0, 0.1) is 0 Å². The van der Waals surface area contributed by atoms with Crippen LogP contribution in [0.2, 0.25) is 0 Å². The van der Waals surface area contributed by atoms with E-state index in [0.717, 1.165) is 24.8 Å². The maximum Gasteiger partial charge on any atom is 0.338 e. The van der Waals surface area contributed by atoms with E-state index in [1.54, 1.807) is 12.1 Å². The van der Waals surface area contributed by atoms with Gasteiger partial charge in [-0.1, -0.05) is 25.5 Å². The number of aryl methyl sites for hydroxylation is 1. The lowest BCUT2D eigenvalue weighted by Gasteiger charge is -2.25. The van der Waals surface area contributed by atoms with E-state index in [2.05, 4.69) is 6.92 Å². The molecule has 0 fully saturated rings. The Hall–Kier alpha value is -1.51. The number of aliphatic hydroxyl groups excluding tert-OH is 5. The van der Waals surface area contributed by atoms with Crippen molar-refractivity contribution in [3.8, 4) is 0 Å². The minimum atomic E-state index is -1.75. The largest absolute Gasteiger partial charge is 0.459 e. The van der Waals surface area contributed by atoms with Crippen LogP contribution < -0.4 is 0 Å². The topological polar surface area (TPSA) is 127 Å². The third-order valence-corrected chi connectivity index (χ3v) is 3.72. The summed E-state index contributed by atoms with van der Waals surface area (Å²) >= 11 is 0. The number of rotatable bonds is 10. The number of hydrogen-bond acceptors (Lipinski definition) is 7. The van der Waals surface area contributed by atoms with Crippen LogP contribution in [0.4, 0.5) is 0 Å². The molecule has 1 aromatic rings. The van der Waals surface area contributed by atoms with Crippen molar-refractivity contribution in [2.24, 2.45) is 0 Å². The second-order valence-corrected chi connectivity index (χ2v) is 5.70. The molecule has 0 aliphatic heterocycles. The van der Waals surface area contributed by atoms with Gasteiger partial charge in [-0.25, -0.2) is 4.79 Å². The summed E-state index contributed by atoms with van der Waals surface area (Å²) < 4.78 is 4.89. The summed E-state index contributed by atoms with van der Waals surface area (Å²) in [5.41, 5.74) is 1.43. The first kappa shape index (κ1) is 20.5. The van der Waals surface area contributed by atoms with Gasteiger partial charge in [0, 0.05) is 0 Å². The Kier molecular flexibility index (Phi) is 8.88. The quantitative estimate of drug-likeness (QED) is 0.367. The van der Waals surface area contributed by atoms with Crippen molar-refractivity contribution in [2.75, 3.05) is 13.2 Å². The molecule has 0 radical (unpaired) electrons. The Balaban J connectivity index is 2.50. The van der Waals surface area contributed by atoms with E-state index in [-0.39, 0.29) is 0 Å². The van der Waals surface area contributed by atoms with Gasteiger partial charge in [-0.3, -0.25) is 0 Å². The van der Waals surface area contributed by atoms with Gasteiger partial charge in [0.15, 0.2) is 0 Å². The summed E-state index contributed by atoms with van der Waals surface area (Å²) in [5, 5.41) is 46.7. The Labute approximate surface area is 141 Å². The Bertz CT molecular complexity index is 488.